The lowest BCUT2D eigenvalue weighted by Gasteiger charge is -2.16. The molecule has 140 valence electrons. The molecule has 0 aliphatic rings. The first-order valence-electron chi connectivity index (χ1n) is 8.77. The molecule has 1 unspecified atom stereocenters. The third kappa shape index (κ3) is 4.38. The number of aryl methyl sites for hydroxylation is 1. The molecule has 1 aromatic heterocycles. The van der Waals surface area contributed by atoms with Crippen molar-refractivity contribution in [3.8, 4) is 17.3 Å². The van der Waals surface area contributed by atoms with Gasteiger partial charge in [-0.2, -0.15) is 10.4 Å². The Hall–Kier alpha value is -3.17. The summed E-state index contributed by atoms with van der Waals surface area (Å²) < 4.78 is 0.968. The van der Waals surface area contributed by atoms with Gasteiger partial charge in [-0.15, -0.1) is 0 Å². The van der Waals surface area contributed by atoms with E-state index in [2.05, 4.69) is 31.4 Å². The average molecular weight is 435 g/mol. The molecule has 1 amide bonds. The summed E-state index contributed by atoms with van der Waals surface area (Å²) in [5.74, 6) is -0.416. The number of carbonyl (C=O) groups excluding carboxylic acids is 1. The molecule has 3 aromatic rings. The summed E-state index contributed by atoms with van der Waals surface area (Å²) >= 11 is 3.41. The Bertz CT molecular complexity index is 1060. The number of H-pyrrole nitrogens is 1. The van der Waals surface area contributed by atoms with Gasteiger partial charge in [-0.25, -0.2) is 0 Å². The highest BCUT2D eigenvalue weighted by atomic mass is 79.9. The van der Waals surface area contributed by atoms with Crippen LogP contribution in [0.1, 0.15) is 29.7 Å². The largest absolute Gasteiger partial charge is 0.345 e. The second-order valence-electron chi connectivity index (χ2n) is 6.43. The number of hydrogen-bond donors (Lipinski definition) is 2. The van der Waals surface area contributed by atoms with Crippen LogP contribution in [0.2, 0.25) is 0 Å². The van der Waals surface area contributed by atoms with E-state index in [0.717, 1.165) is 26.9 Å². The van der Waals surface area contributed by atoms with E-state index < -0.39 is 5.91 Å². The molecule has 0 fully saturated rings. The summed E-state index contributed by atoms with van der Waals surface area (Å²) in [7, 11) is 0. The fourth-order valence-corrected chi connectivity index (χ4v) is 3.25. The summed E-state index contributed by atoms with van der Waals surface area (Å²) in [6.45, 7) is 3.90. The van der Waals surface area contributed by atoms with Gasteiger partial charge in [0.05, 0.1) is 17.9 Å². The first-order chi connectivity index (χ1) is 13.5. The standard InChI is InChI=1S/C22H19BrN4O/c1-14-5-3-4-6-20(14)15(2)26-22(28)17(12-24)11-18-13-25-27-21(18)16-7-9-19(23)10-8-16/h3-11,13,15H,1-2H3,(H,25,27)(H,26,28). The van der Waals surface area contributed by atoms with Crippen LogP contribution in [0.15, 0.2) is 64.8 Å². The van der Waals surface area contributed by atoms with E-state index >= 15 is 0 Å². The number of nitriles is 1. The molecular weight excluding hydrogens is 416 g/mol. The van der Waals surface area contributed by atoms with Crippen LogP contribution in [0.3, 0.4) is 0 Å². The lowest BCUT2D eigenvalue weighted by molar-refractivity contribution is -0.117. The van der Waals surface area contributed by atoms with Gasteiger partial charge in [0, 0.05) is 15.6 Å². The van der Waals surface area contributed by atoms with Crippen molar-refractivity contribution in [2.24, 2.45) is 0 Å². The Labute approximate surface area is 172 Å². The molecular formula is C22H19BrN4O. The molecule has 0 aliphatic heterocycles. The smallest absolute Gasteiger partial charge is 0.262 e. The molecule has 2 aromatic carbocycles. The minimum absolute atomic E-state index is 0.0280. The molecule has 5 nitrogen and oxygen atoms in total. The Morgan fingerprint density at radius 3 is 2.64 bits per heavy atom. The lowest BCUT2D eigenvalue weighted by Crippen LogP contribution is -2.28. The molecule has 28 heavy (non-hydrogen) atoms. The predicted octanol–water partition coefficient (Wildman–Crippen LogP) is 4.93. The first kappa shape index (κ1) is 19.6. The van der Waals surface area contributed by atoms with E-state index in [-0.39, 0.29) is 11.6 Å². The molecule has 0 saturated heterocycles. The zero-order chi connectivity index (χ0) is 20.1. The highest BCUT2D eigenvalue weighted by molar-refractivity contribution is 9.10. The number of hydrogen-bond acceptors (Lipinski definition) is 3. The highest BCUT2D eigenvalue weighted by Gasteiger charge is 2.16. The van der Waals surface area contributed by atoms with Gasteiger partial charge in [-0.3, -0.25) is 9.89 Å². The van der Waals surface area contributed by atoms with Gasteiger partial charge in [-0.05, 0) is 43.2 Å². The van der Waals surface area contributed by atoms with Crippen LogP contribution in [0, 0.1) is 18.3 Å². The fraction of sp³-hybridized carbons (Fsp3) is 0.136. The van der Waals surface area contributed by atoms with E-state index in [9.17, 15) is 10.1 Å². The molecule has 0 aliphatic carbocycles. The van der Waals surface area contributed by atoms with E-state index in [4.69, 9.17) is 0 Å². The topological polar surface area (TPSA) is 81.6 Å². The summed E-state index contributed by atoms with van der Waals surface area (Å²) in [5, 5.41) is 19.4. The Morgan fingerprint density at radius 2 is 1.96 bits per heavy atom. The maximum atomic E-state index is 12.6. The van der Waals surface area contributed by atoms with Crippen LogP contribution in [0.5, 0.6) is 0 Å². The monoisotopic (exact) mass is 434 g/mol. The summed E-state index contributed by atoms with van der Waals surface area (Å²) in [6, 6.07) is 17.4. The van der Waals surface area contributed by atoms with E-state index in [1.165, 1.54) is 0 Å². The lowest BCUT2D eigenvalue weighted by atomic mass is 10.0. The normalized spacial score (nSPS) is 12.3. The van der Waals surface area contributed by atoms with E-state index in [1.54, 1.807) is 12.3 Å². The highest BCUT2D eigenvalue weighted by Crippen LogP contribution is 2.25. The van der Waals surface area contributed by atoms with Crippen LogP contribution in [-0.4, -0.2) is 16.1 Å². The minimum atomic E-state index is -0.416. The Balaban J connectivity index is 1.84. The van der Waals surface area contributed by atoms with Crippen LogP contribution in [0.25, 0.3) is 17.3 Å². The molecule has 1 heterocycles. The Morgan fingerprint density at radius 1 is 1.25 bits per heavy atom. The van der Waals surface area contributed by atoms with Gasteiger partial charge < -0.3 is 5.32 Å². The summed E-state index contributed by atoms with van der Waals surface area (Å²) in [5.41, 5.74) is 4.48. The Kier molecular flexibility index (Phi) is 6.07. The van der Waals surface area contributed by atoms with E-state index in [1.807, 2.05) is 68.4 Å². The molecule has 0 spiro atoms. The van der Waals surface area contributed by atoms with Crippen molar-refractivity contribution in [3.63, 3.8) is 0 Å². The molecule has 0 radical (unpaired) electrons. The average Bonchev–Trinajstić information content (AvgIpc) is 3.15. The molecule has 1 atom stereocenters. The van der Waals surface area contributed by atoms with Gasteiger partial charge in [0.25, 0.3) is 5.91 Å². The van der Waals surface area contributed by atoms with Crippen LogP contribution in [0.4, 0.5) is 0 Å². The van der Waals surface area contributed by atoms with Crippen molar-refractivity contribution in [3.05, 3.63) is 81.5 Å². The second-order valence-corrected chi connectivity index (χ2v) is 7.34. The number of aromatic nitrogens is 2. The van der Waals surface area contributed by atoms with Crippen molar-refractivity contribution in [1.82, 2.24) is 15.5 Å². The van der Waals surface area contributed by atoms with Gasteiger partial charge in [0.1, 0.15) is 11.6 Å². The van der Waals surface area contributed by atoms with Crippen LogP contribution in [-0.2, 0) is 4.79 Å². The molecule has 3 rings (SSSR count). The van der Waals surface area contributed by atoms with Gasteiger partial charge in [-0.1, -0.05) is 52.3 Å². The molecule has 6 heteroatoms. The first-order valence-corrected chi connectivity index (χ1v) is 9.56. The molecule has 0 saturated carbocycles. The fourth-order valence-electron chi connectivity index (χ4n) is 2.98. The second kappa shape index (κ2) is 8.68. The van der Waals surface area contributed by atoms with Crippen LogP contribution < -0.4 is 5.32 Å². The number of amides is 1. The summed E-state index contributed by atoms with van der Waals surface area (Å²) in [4.78, 5) is 12.6. The van der Waals surface area contributed by atoms with Gasteiger partial charge in [0.15, 0.2) is 0 Å². The molecule has 0 bridgehead atoms. The summed E-state index contributed by atoms with van der Waals surface area (Å²) in [6.07, 6.45) is 3.16. The number of aromatic amines is 1. The third-order valence-electron chi connectivity index (χ3n) is 4.47. The van der Waals surface area contributed by atoms with Gasteiger partial charge in [0.2, 0.25) is 0 Å². The SMILES string of the molecule is Cc1ccccc1C(C)NC(=O)C(C#N)=Cc1cn[nH]c1-c1ccc(Br)cc1. The number of carbonyl (C=O) groups is 1. The molecule has 2 N–H and O–H groups in total. The zero-order valence-electron chi connectivity index (χ0n) is 15.5. The number of rotatable bonds is 5. The number of nitrogens with one attached hydrogen (secondary N) is 2. The van der Waals surface area contributed by atoms with E-state index in [0.29, 0.717) is 5.56 Å². The van der Waals surface area contributed by atoms with Crippen molar-refractivity contribution in [2.45, 2.75) is 19.9 Å². The number of nitrogens with zero attached hydrogens (tertiary/aromatic N) is 2. The quantitative estimate of drug-likeness (QED) is 0.440. The van der Waals surface area contributed by atoms with Crippen molar-refractivity contribution in [2.75, 3.05) is 0 Å². The maximum absolute atomic E-state index is 12.6. The predicted molar refractivity (Wildman–Crippen MR) is 113 cm³/mol. The van der Waals surface area contributed by atoms with Crippen molar-refractivity contribution in [1.29, 1.82) is 5.26 Å². The van der Waals surface area contributed by atoms with Crippen molar-refractivity contribution < 1.29 is 4.79 Å². The number of benzene rings is 2. The number of halogens is 1. The van der Waals surface area contributed by atoms with Gasteiger partial charge >= 0.3 is 0 Å². The zero-order valence-corrected chi connectivity index (χ0v) is 17.1. The third-order valence-corrected chi connectivity index (χ3v) is 5.00. The maximum Gasteiger partial charge on any atom is 0.262 e. The van der Waals surface area contributed by atoms with Crippen molar-refractivity contribution >= 4 is 27.9 Å². The minimum Gasteiger partial charge on any atom is -0.345 e. The van der Waals surface area contributed by atoms with Crippen LogP contribution >= 0.6 is 15.9 Å².